The van der Waals surface area contributed by atoms with Crippen LogP contribution in [0, 0.1) is 29.1 Å². The van der Waals surface area contributed by atoms with E-state index in [2.05, 4.69) is 4.90 Å². The van der Waals surface area contributed by atoms with Gasteiger partial charge in [-0.15, -0.1) is 0 Å². The lowest BCUT2D eigenvalue weighted by Gasteiger charge is -2.49. The zero-order chi connectivity index (χ0) is 33.3. The van der Waals surface area contributed by atoms with Gasteiger partial charge in [-0.3, -0.25) is 24.1 Å². The molecule has 3 aromatic rings. The highest BCUT2D eigenvalue weighted by Crippen LogP contribution is 2.64. The maximum absolute atomic E-state index is 14.5. The van der Waals surface area contributed by atoms with E-state index in [1.165, 1.54) is 23.0 Å². The second kappa shape index (κ2) is 11.3. The fourth-order valence-corrected chi connectivity index (χ4v) is 8.98. The minimum atomic E-state index is -1.18. The molecule has 8 rings (SSSR count). The number of ether oxygens (including phenoxy) is 2. The zero-order valence-corrected chi connectivity index (χ0v) is 26.9. The number of anilines is 3. The van der Waals surface area contributed by atoms with Crippen LogP contribution < -0.4 is 19.4 Å². The molecular weight excluding hydrogens is 610 g/mol. The first kappa shape index (κ1) is 30.4. The Morgan fingerprint density at radius 3 is 2.21 bits per heavy atom. The van der Waals surface area contributed by atoms with E-state index in [0.717, 1.165) is 24.4 Å². The summed E-state index contributed by atoms with van der Waals surface area (Å²) in [7, 11) is 1.46. The highest BCUT2D eigenvalue weighted by atomic mass is 16.5. The number of morpholine rings is 1. The highest BCUT2D eigenvalue weighted by Gasteiger charge is 2.67. The number of hydrogen-bond donors (Lipinski definition) is 1. The van der Waals surface area contributed by atoms with Gasteiger partial charge in [0.2, 0.25) is 23.6 Å². The Bertz CT molecular complexity index is 1850. The van der Waals surface area contributed by atoms with Crippen LogP contribution in [0.25, 0.3) is 0 Å². The average molecular weight is 648 g/mol. The Morgan fingerprint density at radius 1 is 0.812 bits per heavy atom. The number of phenols is 1. The molecule has 3 saturated heterocycles. The van der Waals surface area contributed by atoms with Gasteiger partial charge in [0.15, 0.2) is 11.5 Å². The van der Waals surface area contributed by atoms with E-state index in [9.17, 15) is 24.3 Å². The number of amides is 4. The Kier molecular flexibility index (Phi) is 7.17. The van der Waals surface area contributed by atoms with Crippen LogP contribution in [-0.4, -0.2) is 62.1 Å². The maximum Gasteiger partial charge on any atom is 0.241 e. The Balaban J connectivity index is 1.19. The van der Waals surface area contributed by atoms with Crippen molar-refractivity contribution in [3.8, 4) is 11.5 Å². The summed E-state index contributed by atoms with van der Waals surface area (Å²) in [5.74, 6) is -3.92. The summed E-state index contributed by atoms with van der Waals surface area (Å²) in [6.07, 6.45) is 2.64. The molecule has 0 aromatic heterocycles. The van der Waals surface area contributed by atoms with Crippen molar-refractivity contribution in [3.05, 3.63) is 90.0 Å². The molecular formula is C38H37N3O7. The molecule has 48 heavy (non-hydrogen) atoms. The van der Waals surface area contributed by atoms with Gasteiger partial charge in [0, 0.05) is 24.7 Å². The third-order valence-corrected chi connectivity index (χ3v) is 11.3. The standard InChI is InChI=1S/C38H37N3O7/c1-38-29(35(44)41(37(38)46)24-6-4-3-5-7-24)21-28-26(33(38)22-8-15-30(42)31(20-22)47-2)13-14-27-32(28)36(45)40(34(27)43)25-11-9-23(10-12-25)39-16-18-48-19-17-39/h3-13,15,20,27-29,32-33,42H,14,16-19,21H2,1-2H3. The predicted molar refractivity (Wildman–Crippen MR) is 178 cm³/mol. The molecule has 10 heteroatoms. The number of nitrogens with zero attached hydrogens (tertiary/aromatic N) is 3. The molecule has 3 aliphatic heterocycles. The number of rotatable bonds is 5. The molecule has 3 heterocycles. The Morgan fingerprint density at radius 2 is 1.50 bits per heavy atom. The van der Waals surface area contributed by atoms with E-state index in [1.807, 2.05) is 43.3 Å². The van der Waals surface area contributed by atoms with Gasteiger partial charge in [-0.1, -0.05) is 35.9 Å². The summed E-state index contributed by atoms with van der Waals surface area (Å²) in [6, 6.07) is 21.4. The molecule has 1 N–H and O–H groups in total. The molecule has 0 bridgehead atoms. The minimum Gasteiger partial charge on any atom is -0.504 e. The number of carbonyl (C=O) groups is 4. The number of hydrogen-bond acceptors (Lipinski definition) is 8. The van der Waals surface area contributed by atoms with Crippen LogP contribution in [0.5, 0.6) is 11.5 Å². The van der Waals surface area contributed by atoms with Gasteiger partial charge in [-0.05, 0) is 79.8 Å². The number of aromatic hydroxyl groups is 1. The summed E-state index contributed by atoms with van der Waals surface area (Å²) in [6.45, 7) is 4.70. The second-order valence-corrected chi connectivity index (χ2v) is 13.6. The number of allylic oxidation sites excluding steroid dienone is 2. The average Bonchev–Trinajstić information content (AvgIpc) is 3.48. The summed E-state index contributed by atoms with van der Waals surface area (Å²) < 4.78 is 10.9. The Labute approximate surface area is 278 Å². The van der Waals surface area contributed by atoms with Crippen LogP contribution in [-0.2, 0) is 23.9 Å². The maximum atomic E-state index is 14.5. The van der Waals surface area contributed by atoms with E-state index in [4.69, 9.17) is 9.47 Å². The Hall–Kier alpha value is -4.96. The first-order chi connectivity index (χ1) is 23.2. The van der Waals surface area contributed by atoms with E-state index in [-0.39, 0.29) is 41.5 Å². The molecule has 5 aliphatic rings. The quantitative estimate of drug-likeness (QED) is 0.314. The molecule has 0 radical (unpaired) electrons. The van der Waals surface area contributed by atoms with Crippen molar-refractivity contribution in [2.75, 3.05) is 48.1 Å². The molecule has 2 aliphatic carbocycles. The number of phenolic OH excluding ortho intramolecular Hbond substituents is 1. The van der Waals surface area contributed by atoms with Crippen LogP contribution in [0.4, 0.5) is 17.1 Å². The third-order valence-electron chi connectivity index (χ3n) is 11.3. The lowest BCUT2D eigenvalue weighted by molar-refractivity contribution is -0.131. The van der Waals surface area contributed by atoms with Crippen molar-refractivity contribution >= 4 is 40.7 Å². The fourth-order valence-electron chi connectivity index (χ4n) is 8.98. The third kappa shape index (κ3) is 4.35. The number of fused-ring (bicyclic) bond motifs is 4. The zero-order valence-electron chi connectivity index (χ0n) is 26.9. The molecule has 4 amide bonds. The normalized spacial score (nSPS) is 29.8. The molecule has 6 atom stereocenters. The number of imide groups is 2. The topological polar surface area (TPSA) is 117 Å². The molecule has 1 saturated carbocycles. The van der Waals surface area contributed by atoms with Crippen LogP contribution >= 0.6 is 0 Å². The monoisotopic (exact) mass is 647 g/mol. The van der Waals surface area contributed by atoms with Crippen molar-refractivity contribution in [1.29, 1.82) is 0 Å². The fraction of sp³-hybridized carbons (Fsp3) is 0.368. The second-order valence-electron chi connectivity index (χ2n) is 13.6. The summed E-state index contributed by atoms with van der Waals surface area (Å²) in [5.41, 5.74) is 2.44. The van der Waals surface area contributed by atoms with Crippen LogP contribution in [0.15, 0.2) is 84.4 Å². The van der Waals surface area contributed by atoms with Gasteiger partial charge in [0.1, 0.15) is 0 Å². The molecule has 4 fully saturated rings. The SMILES string of the molecule is COc1cc(C2C3=CCC4C(=O)N(c5ccc(N6CCOCC6)cc5)C(=O)C4C3CC3C(=O)N(c4ccccc4)C(=O)C32C)ccc1O. The molecule has 3 aromatic carbocycles. The number of carbonyl (C=O) groups excluding carboxylic acids is 4. The smallest absolute Gasteiger partial charge is 0.241 e. The van der Waals surface area contributed by atoms with E-state index >= 15 is 0 Å². The van der Waals surface area contributed by atoms with Crippen LogP contribution in [0.2, 0.25) is 0 Å². The predicted octanol–water partition coefficient (Wildman–Crippen LogP) is 4.67. The molecule has 10 nitrogen and oxygen atoms in total. The van der Waals surface area contributed by atoms with Crippen molar-refractivity contribution in [1.82, 2.24) is 0 Å². The largest absolute Gasteiger partial charge is 0.504 e. The van der Waals surface area contributed by atoms with Crippen molar-refractivity contribution in [3.63, 3.8) is 0 Å². The highest BCUT2D eigenvalue weighted by molar-refractivity contribution is 6.25. The van der Waals surface area contributed by atoms with E-state index in [1.54, 1.807) is 36.4 Å². The number of methoxy groups -OCH3 is 1. The first-order valence-electron chi connectivity index (χ1n) is 16.5. The van der Waals surface area contributed by atoms with Crippen molar-refractivity contribution in [2.45, 2.75) is 25.7 Å². The molecule has 0 spiro atoms. The lowest BCUT2D eigenvalue weighted by Crippen LogP contribution is -2.48. The van der Waals surface area contributed by atoms with Crippen molar-refractivity contribution < 1.29 is 33.8 Å². The summed E-state index contributed by atoms with van der Waals surface area (Å²) >= 11 is 0. The lowest BCUT2D eigenvalue weighted by atomic mass is 9.51. The van der Waals surface area contributed by atoms with E-state index < -0.39 is 35.0 Å². The van der Waals surface area contributed by atoms with Gasteiger partial charge >= 0.3 is 0 Å². The molecule has 6 unspecified atom stereocenters. The summed E-state index contributed by atoms with van der Waals surface area (Å²) in [4.78, 5) is 62.1. The number of benzene rings is 3. The van der Waals surface area contributed by atoms with Crippen molar-refractivity contribution in [2.24, 2.45) is 29.1 Å². The summed E-state index contributed by atoms with van der Waals surface area (Å²) in [5, 5.41) is 10.5. The number of para-hydroxylation sites is 1. The van der Waals surface area contributed by atoms with Gasteiger partial charge in [-0.25, -0.2) is 4.90 Å². The van der Waals surface area contributed by atoms with Gasteiger partial charge in [0.25, 0.3) is 0 Å². The molecule has 246 valence electrons. The van der Waals surface area contributed by atoms with Crippen LogP contribution in [0.1, 0.15) is 31.2 Å². The van der Waals surface area contributed by atoms with Crippen LogP contribution in [0.3, 0.4) is 0 Å². The first-order valence-corrected chi connectivity index (χ1v) is 16.5. The minimum absolute atomic E-state index is 0.0421. The van der Waals surface area contributed by atoms with Gasteiger partial charge < -0.3 is 19.5 Å². The van der Waals surface area contributed by atoms with Gasteiger partial charge in [0.05, 0.1) is 54.9 Å². The van der Waals surface area contributed by atoms with E-state index in [0.29, 0.717) is 36.6 Å². The van der Waals surface area contributed by atoms with Gasteiger partial charge in [-0.2, -0.15) is 0 Å².